The molecule has 1 amide bonds. The van der Waals surface area contributed by atoms with Crippen LogP contribution in [0.3, 0.4) is 0 Å². The number of rotatable bonds is 6. The zero-order valence-electron chi connectivity index (χ0n) is 11.6. The number of carbonyl (C=O) groups excluding carboxylic acids is 1. The average Bonchev–Trinajstić information content (AvgIpc) is 3.01. The maximum atomic E-state index is 11.9. The second kappa shape index (κ2) is 6.87. The first-order chi connectivity index (χ1) is 9.16. The fourth-order valence-electron chi connectivity index (χ4n) is 2.45. The summed E-state index contributed by atoms with van der Waals surface area (Å²) < 4.78 is 0. The molecule has 1 N–H and O–H groups in total. The third kappa shape index (κ3) is 4.18. The Bertz CT molecular complexity index is 425. The molecule has 0 aliphatic heterocycles. The summed E-state index contributed by atoms with van der Waals surface area (Å²) in [5.74, 6) is 0.609. The maximum absolute atomic E-state index is 11.9. The molecular weight excluding hydrogens is 256 g/mol. The Hall–Kier alpha value is -1.13. The predicted octanol–water partition coefficient (Wildman–Crippen LogP) is 2.82. The van der Waals surface area contributed by atoms with E-state index in [1.807, 2.05) is 14.1 Å². The molecule has 1 aromatic rings. The first kappa shape index (κ1) is 14.3. The summed E-state index contributed by atoms with van der Waals surface area (Å²) in [6.07, 6.45) is 7.20. The summed E-state index contributed by atoms with van der Waals surface area (Å²) in [7, 11) is 4.10. The Kier molecular flexibility index (Phi) is 5.16. The largest absolute Gasteiger partial charge is 0.354 e. The lowest BCUT2D eigenvalue weighted by Crippen LogP contribution is -2.34. The molecule has 1 aliphatic carbocycles. The second-order valence-electron chi connectivity index (χ2n) is 5.31. The van der Waals surface area contributed by atoms with Crippen molar-refractivity contribution in [3.8, 4) is 0 Å². The van der Waals surface area contributed by atoms with Crippen LogP contribution in [0.15, 0.2) is 29.0 Å². The molecule has 1 heterocycles. The Morgan fingerprint density at radius 2 is 2.42 bits per heavy atom. The van der Waals surface area contributed by atoms with Crippen LogP contribution in [0.25, 0.3) is 0 Å². The summed E-state index contributed by atoms with van der Waals surface area (Å²) in [5.41, 5.74) is 1.27. The predicted molar refractivity (Wildman–Crippen MR) is 80.2 cm³/mol. The molecule has 0 saturated heterocycles. The van der Waals surface area contributed by atoms with Gasteiger partial charge in [-0.15, -0.1) is 0 Å². The average molecular weight is 278 g/mol. The minimum Gasteiger partial charge on any atom is -0.354 e. The highest BCUT2D eigenvalue weighted by molar-refractivity contribution is 7.07. The van der Waals surface area contributed by atoms with E-state index in [0.717, 1.165) is 12.8 Å². The molecule has 0 spiro atoms. The number of hydrogen-bond donors (Lipinski definition) is 1. The van der Waals surface area contributed by atoms with Crippen LogP contribution in [-0.2, 0) is 4.79 Å². The van der Waals surface area contributed by atoms with Gasteiger partial charge in [0.2, 0.25) is 5.91 Å². The van der Waals surface area contributed by atoms with Crippen LogP contribution in [0.4, 0.5) is 0 Å². The molecule has 2 atom stereocenters. The van der Waals surface area contributed by atoms with E-state index in [-0.39, 0.29) is 11.9 Å². The number of amides is 1. The molecule has 0 fully saturated rings. The molecule has 1 aliphatic rings. The lowest BCUT2D eigenvalue weighted by Gasteiger charge is -2.24. The van der Waals surface area contributed by atoms with Gasteiger partial charge in [-0.3, -0.25) is 4.79 Å². The molecule has 104 valence electrons. The molecule has 19 heavy (non-hydrogen) atoms. The van der Waals surface area contributed by atoms with Gasteiger partial charge in [-0.05, 0) is 55.2 Å². The van der Waals surface area contributed by atoms with Crippen molar-refractivity contribution in [1.82, 2.24) is 10.2 Å². The van der Waals surface area contributed by atoms with Crippen molar-refractivity contribution >= 4 is 17.2 Å². The van der Waals surface area contributed by atoms with E-state index in [2.05, 4.69) is 39.2 Å². The van der Waals surface area contributed by atoms with Crippen molar-refractivity contribution in [3.63, 3.8) is 0 Å². The normalized spacial score (nSPS) is 19.8. The van der Waals surface area contributed by atoms with Crippen molar-refractivity contribution in [1.29, 1.82) is 0 Å². The monoisotopic (exact) mass is 278 g/mol. The smallest absolute Gasteiger partial charge is 0.220 e. The van der Waals surface area contributed by atoms with Gasteiger partial charge in [0.05, 0.1) is 6.04 Å². The minimum atomic E-state index is 0.165. The van der Waals surface area contributed by atoms with Crippen LogP contribution in [0, 0.1) is 5.92 Å². The van der Waals surface area contributed by atoms with Gasteiger partial charge in [-0.2, -0.15) is 11.3 Å². The van der Waals surface area contributed by atoms with E-state index in [0.29, 0.717) is 18.9 Å². The number of allylic oxidation sites excluding steroid dienone is 2. The van der Waals surface area contributed by atoms with E-state index >= 15 is 0 Å². The van der Waals surface area contributed by atoms with Gasteiger partial charge in [-0.25, -0.2) is 0 Å². The molecule has 2 rings (SSSR count). The zero-order chi connectivity index (χ0) is 13.7. The number of likely N-dealkylation sites (N-methyl/N-ethyl adjacent to an activating group) is 1. The van der Waals surface area contributed by atoms with Crippen LogP contribution in [0.5, 0.6) is 0 Å². The SMILES string of the molecule is CN(C)[C@@H](CNC(=O)C[C@H]1C=CCC1)c1ccsc1. The Balaban J connectivity index is 1.81. The molecule has 0 unspecified atom stereocenters. The lowest BCUT2D eigenvalue weighted by molar-refractivity contribution is -0.121. The quantitative estimate of drug-likeness (QED) is 0.812. The number of hydrogen-bond acceptors (Lipinski definition) is 3. The van der Waals surface area contributed by atoms with Crippen molar-refractivity contribution < 1.29 is 4.79 Å². The van der Waals surface area contributed by atoms with Gasteiger partial charge < -0.3 is 10.2 Å². The maximum Gasteiger partial charge on any atom is 0.220 e. The summed E-state index contributed by atoms with van der Waals surface area (Å²) in [6, 6.07) is 2.38. The van der Waals surface area contributed by atoms with Gasteiger partial charge in [0.15, 0.2) is 0 Å². The first-order valence-electron chi connectivity index (χ1n) is 6.78. The number of nitrogens with zero attached hydrogens (tertiary/aromatic N) is 1. The van der Waals surface area contributed by atoms with Crippen molar-refractivity contribution in [2.45, 2.75) is 25.3 Å². The second-order valence-corrected chi connectivity index (χ2v) is 6.09. The Labute approximate surface area is 119 Å². The number of carbonyl (C=O) groups is 1. The van der Waals surface area contributed by atoms with Crippen molar-refractivity contribution in [2.24, 2.45) is 5.92 Å². The topological polar surface area (TPSA) is 32.3 Å². The van der Waals surface area contributed by atoms with Crippen LogP contribution in [0.1, 0.15) is 30.9 Å². The standard InChI is InChI=1S/C15H22N2OS/c1-17(2)14(13-7-8-19-11-13)10-16-15(18)9-12-5-3-4-6-12/h3,5,7-8,11-12,14H,4,6,9-10H2,1-2H3,(H,16,18)/t12-,14-/m0/s1. The summed E-state index contributed by atoms with van der Waals surface area (Å²) in [6.45, 7) is 0.680. The highest BCUT2D eigenvalue weighted by Gasteiger charge is 2.18. The highest BCUT2D eigenvalue weighted by Crippen LogP contribution is 2.22. The van der Waals surface area contributed by atoms with Gasteiger partial charge in [0.1, 0.15) is 0 Å². The molecule has 1 aromatic heterocycles. The van der Waals surface area contributed by atoms with Crippen molar-refractivity contribution in [3.05, 3.63) is 34.5 Å². The summed E-state index contributed by atoms with van der Waals surface area (Å²) in [4.78, 5) is 14.1. The Morgan fingerprint density at radius 3 is 3.00 bits per heavy atom. The number of thiophene rings is 1. The van der Waals surface area contributed by atoms with Crippen LogP contribution in [0.2, 0.25) is 0 Å². The van der Waals surface area contributed by atoms with E-state index in [9.17, 15) is 4.79 Å². The fourth-order valence-corrected chi connectivity index (χ4v) is 3.16. The molecule has 4 heteroatoms. The molecule has 0 radical (unpaired) electrons. The van der Waals surface area contributed by atoms with Gasteiger partial charge >= 0.3 is 0 Å². The third-order valence-electron chi connectivity index (χ3n) is 3.60. The van der Waals surface area contributed by atoms with Gasteiger partial charge in [0.25, 0.3) is 0 Å². The molecule has 0 saturated carbocycles. The Morgan fingerprint density at radius 1 is 1.58 bits per heavy atom. The van der Waals surface area contributed by atoms with Crippen LogP contribution in [-0.4, -0.2) is 31.4 Å². The molecule has 0 aromatic carbocycles. The minimum absolute atomic E-state index is 0.165. The van der Waals surface area contributed by atoms with E-state index in [4.69, 9.17) is 0 Å². The van der Waals surface area contributed by atoms with Crippen LogP contribution < -0.4 is 5.32 Å². The van der Waals surface area contributed by atoms with E-state index in [1.165, 1.54) is 5.56 Å². The third-order valence-corrected chi connectivity index (χ3v) is 4.31. The van der Waals surface area contributed by atoms with Crippen molar-refractivity contribution in [2.75, 3.05) is 20.6 Å². The van der Waals surface area contributed by atoms with Gasteiger partial charge in [-0.1, -0.05) is 12.2 Å². The summed E-state index contributed by atoms with van der Waals surface area (Å²) in [5, 5.41) is 7.30. The van der Waals surface area contributed by atoms with Crippen LogP contribution >= 0.6 is 11.3 Å². The van der Waals surface area contributed by atoms with E-state index in [1.54, 1.807) is 11.3 Å². The van der Waals surface area contributed by atoms with Gasteiger partial charge in [0, 0.05) is 13.0 Å². The van der Waals surface area contributed by atoms with E-state index < -0.39 is 0 Å². The molecule has 3 nitrogen and oxygen atoms in total. The molecular formula is C15H22N2OS. The highest BCUT2D eigenvalue weighted by atomic mass is 32.1. The first-order valence-corrected chi connectivity index (χ1v) is 7.73. The lowest BCUT2D eigenvalue weighted by atomic mass is 10.0. The number of nitrogens with one attached hydrogen (secondary N) is 1. The molecule has 0 bridgehead atoms. The fraction of sp³-hybridized carbons (Fsp3) is 0.533. The summed E-state index contributed by atoms with van der Waals surface area (Å²) >= 11 is 1.70. The zero-order valence-corrected chi connectivity index (χ0v) is 12.5.